The minimum atomic E-state index is -0.519. The maximum Gasteiger partial charge on any atom is 0.349 e. The first-order valence-electron chi connectivity index (χ1n) is 6.98. The van der Waals surface area contributed by atoms with E-state index >= 15 is 0 Å². The van der Waals surface area contributed by atoms with E-state index in [0.29, 0.717) is 15.5 Å². The third kappa shape index (κ3) is 5.10. The molecule has 0 spiro atoms. The Bertz CT molecular complexity index is 758. The monoisotopic (exact) mass is 364 g/mol. The molecule has 0 radical (unpaired) electrons. The largest absolute Gasteiger partial charge is 0.451 e. The van der Waals surface area contributed by atoms with E-state index in [1.54, 1.807) is 36.6 Å². The minimum Gasteiger partial charge on any atom is -0.451 e. The summed E-state index contributed by atoms with van der Waals surface area (Å²) in [5, 5.41) is 4.45. The first-order chi connectivity index (χ1) is 11.5. The number of hydrogen-bond donors (Lipinski definition) is 2. The molecule has 0 aliphatic heterocycles. The van der Waals surface area contributed by atoms with Gasteiger partial charge in [-0.2, -0.15) is 0 Å². The van der Waals surface area contributed by atoms with E-state index in [9.17, 15) is 14.4 Å². The molecule has 2 aromatic rings. The highest BCUT2D eigenvalue weighted by atomic mass is 32.2. The van der Waals surface area contributed by atoms with Gasteiger partial charge in [0.25, 0.3) is 5.91 Å². The molecule has 1 heterocycles. The first-order valence-corrected chi connectivity index (χ1v) is 8.85. The molecule has 0 aliphatic rings. The van der Waals surface area contributed by atoms with Gasteiger partial charge in [-0.1, -0.05) is 12.1 Å². The molecule has 6 nitrogen and oxygen atoms in total. The highest BCUT2D eigenvalue weighted by Crippen LogP contribution is 2.26. The van der Waals surface area contributed by atoms with Gasteiger partial charge in [0, 0.05) is 4.90 Å². The number of nitrogens with two attached hydrogens (primary N) is 1. The van der Waals surface area contributed by atoms with Gasteiger partial charge in [-0.3, -0.25) is 9.59 Å². The third-order valence-electron chi connectivity index (χ3n) is 2.91. The van der Waals surface area contributed by atoms with Crippen LogP contribution >= 0.6 is 23.1 Å². The van der Waals surface area contributed by atoms with Crippen molar-refractivity contribution in [3.05, 3.63) is 46.2 Å². The van der Waals surface area contributed by atoms with Gasteiger partial charge in [-0.05, 0) is 36.1 Å². The molecular formula is C16H16N2O4S2. The molecule has 1 aromatic carbocycles. The van der Waals surface area contributed by atoms with Crippen LogP contribution in [0.4, 0.5) is 5.69 Å². The van der Waals surface area contributed by atoms with Gasteiger partial charge in [0.15, 0.2) is 6.61 Å². The molecule has 8 heteroatoms. The first kappa shape index (κ1) is 18.0. The van der Waals surface area contributed by atoms with Crippen LogP contribution in [0.1, 0.15) is 15.2 Å². The SMILES string of the molecule is Cc1ccsc1C(=O)OCC(=O)Nc1ccccc1SCC(N)=O. The summed E-state index contributed by atoms with van der Waals surface area (Å²) in [5.74, 6) is -1.31. The molecule has 0 saturated heterocycles. The summed E-state index contributed by atoms with van der Waals surface area (Å²) in [6.07, 6.45) is 0. The van der Waals surface area contributed by atoms with Crippen molar-refractivity contribution in [2.24, 2.45) is 5.73 Å². The summed E-state index contributed by atoms with van der Waals surface area (Å²) in [4.78, 5) is 35.9. The highest BCUT2D eigenvalue weighted by molar-refractivity contribution is 8.00. The van der Waals surface area contributed by atoms with Crippen LogP contribution in [-0.2, 0) is 14.3 Å². The Balaban J connectivity index is 1.92. The minimum absolute atomic E-state index is 0.111. The molecule has 0 atom stereocenters. The fourth-order valence-corrected chi connectivity index (χ4v) is 3.37. The molecule has 1 aromatic heterocycles. The fraction of sp³-hybridized carbons (Fsp3) is 0.188. The van der Waals surface area contributed by atoms with Crippen molar-refractivity contribution in [1.29, 1.82) is 0 Å². The smallest absolute Gasteiger partial charge is 0.349 e. The summed E-state index contributed by atoms with van der Waals surface area (Å²) in [6, 6.07) is 8.83. The highest BCUT2D eigenvalue weighted by Gasteiger charge is 2.14. The number of carbonyl (C=O) groups excluding carboxylic acids is 3. The molecule has 0 aliphatic carbocycles. The van der Waals surface area contributed by atoms with Crippen molar-refractivity contribution in [2.75, 3.05) is 17.7 Å². The zero-order valence-corrected chi connectivity index (χ0v) is 14.5. The fourth-order valence-electron chi connectivity index (χ4n) is 1.81. The number of hydrogen-bond acceptors (Lipinski definition) is 6. The standard InChI is InChI=1S/C16H16N2O4S2/c1-10-6-7-23-15(10)16(21)22-8-14(20)18-11-4-2-3-5-12(11)24-9-13(17)19/h2-7H,8-9H2,1H3,(H2,17,19)(H,18,20). The number of amides is 2. The van der Waals surface area contributed by atoms with E-state index in [4.69, 9.17) is 10.5 Å². The van der Waals surface area contributed by atoms with Crippen LogP contribution in [-0.4, -0.2) is 30.1 Å². The van der Waals surface area contributed by atoms with Gasteiger partial charge in [0.2, 0.25) is 5.91 Å². The Morgan fingerprint density at radius 1 is 1.25 bits per heavy atom. The Labute approximate surface area is 147 Å². The molecular weight excluding hydrogens is 348 g/mol. The molecule has 0 bridgehead atoms. The number of para-hydroxylation sites is 1. The van der Waals surface area contributed by atoms with Crippen molar-refractivity contribution < 1.29 is 19.1 Å². The number of thioether (sulfide) groups is 1. The Morgan fingerprint density at radius 2 is 2.00 bits per heavy atom. The van der Waals surface area contributed by atoms with E-state index in [1.165, 1.54) is 23.1 Å². The van der Waals surface area contributed by atoms with E-state index in [1.807, 2.05) is 6.07 Å². The predicted octanol–water partition coefficient (Wildman–Crippen LogP) is 2.43. The molecule has 0 fully saturated rings. The van der Waals surface area contributed by atoms with E-state index < -0.39 is 17.8 Å². The maximum absolute atomic E-state index is 12.0. The number of nitrogens with one attached hydrogen (secondary N) is 1. The Morgan fingerprint density at radius 3 is 2.67 bits per heavy atom. The van der Waals surface area contributed by atoms with Crippen molar-refractivity contribution in [1.82, 2.24) is 0 Å². The number of primary amides is 1. The second kappa shape index (κ2) is 8.51. The Hall–Kier alpha value is -2.32. The summed E-state index contributed by atoms with van der Waals surface area (Å²) < 4.78 is 5.02. The predicted molar refractivity (Wildman–Crippen MR) is 94.3 cm³/mol. The molecule has 0 saturated carbocycles. The summed E-state index contributed by atoms with van der Waals surface area (Å²) >= 11 is 2.50. The lowest BCUT2D eigenvalue weighted by molar-refractivity contribution is -0.119. The zero-order chi connectivity index (χ0) is 17.5. The molecule has 0 unspecified atom stereocenters. The molecule has 2 amide bonds. The van der Waals surface area contributed by atoms with Crippen LogP contribution in [0, 0.1) is 6.92 Å². The van der Waals surface area contributed by atoms with Crippen molar-refractivity contribution in [2.45, 2.75) is 11.8 Å². The van der Waals surface area contributed by atoms with Crippen LogP contribution < -0.4 is 11.1 Å². The van der Waals surface area contributed by atoms with Gasteiger partial charge in [-0.15, -0.1) is 23.1 Å². The average Bonchev–Trinajstić information content (AvgIpc) is 2.98. The van der Waals surface area contributed by atoms with Gasteiger partial charge < -0.3 is 15.8 Å². The number of ether oxygens (including phenoxy) is 1. The van der Waals surface area contributed by atoms with Crippen molar-refractivity contribution >= 4 is 46.6 Å². The number of carbonyl (C=O) groups is 3. The van der Waals surface area contributed by atoms with Gasteiger partial charge in [0.05, 0.1) is 11.4 Å². The van der Waals surface area contributed by atoms with Gasteiger partial charge in [0.1, 0.15) is 4.88 Å². The van der Waals surface area contributed by atoms with Crippen LogP contribution in [0.3, 0.4) is 0 Å². The number of thiophene rings is 1. The van der Waals surface area contributed by atoms with Gasteiger partial charge in [-0.25, -0.2) is 4.79 Å². The number of benzene rings is 1. The maximum atomic E-state index is 12.0. The lowest BCUT2D eigenvalue weighted by Gasteiger charge is -2.10. The number of rotatable bonds is 7. The van der Waals surface area contributed by atoms with Crippen molar-refractivity contribution in [3.63, 3.8) is 0 Å². The molecule has 3 N–H and O–H groups in total. The van der Waals surface area contributed by atoms with E-state index in [-0.39, 0.29) is 12.4 Å². The second-order valence-corrected chi connectivity index (χ2v) is 6.74. The van der Waals surface area contributed by atoms with Gasteiger partial charge >= 0.3 is 5.97 Å². The Kier molecular flexibility index (Phi) is 6.39. The quantitative estimate of drug-likeness (QED) is 0.581. The lowest BCUT2D eigenvalue weighted by Crippen LogP contribution is -2.21. The van der Waals surface area contributed by atoms with Crippen LogP contribution in [0.25, 0.3) is 0 Å². The normalized spacial score (nSPS) is 10.2. The molecule has 24 heavy (non-hydrogen) atoms. The third-order valence-corrected chi connectivity index (χ3v) is 5.01. The number of esters is 1. The van der Waals surface area contributed by atoms with Crippen LogP contribution in [0.5, 0.6) is 0 Å². The van der Waals surface area contributed by atoms with E-state index in [2.05, 4.69) is 5.32 Å². The van der Waals surface area contributed by atoms with Crippen LogP contribution in [0.15, 0.2) is 40.6 Å². The zero-order valence-electron chi connectivity index (χ0n) is 12.9. The average molecular weight is 364 g/mol. The summed E-state index contributed by atoms with van der Waals surface area (Å²) in [7, 11) is 0. The molecule has 126 valence electrons. The second-order valence-electron chi connectivity index (χ2n) is 4.81. The van der Waals surface area contributed by atoms with Crippen LogP contribution in [0.2, 0.25) is 0 Å². The summed E-state index contributed by atoms with van der Waals surface area (Å²) in [6.45, 7) is 1.42. The number of anilines is 1. The number of aryl methyl sites for hydroxylation is 1. The topological polar surface area (TPSA) is 98.5 Å². The van der Waals surface area contributed by atoms with E-state index in [0.717, 1.165) is 5.56 Å². The molecule has 2 rings (SSSR count). The van der Waals surface area contributed by atoms with Crippen molar-refractivity contribution in [3.8, 4) is 0 Å². The summed E-state index contributed by atoms with van der Waals surface area (Å²) in [5.41, 5.74) is 6.48. The lowest BCUT2D eigenvalue weighted by atomic mass is 10.3.